The van der Waals surface area contributed by atoms with E-state index in [0.717, 1.165) is 25.9 Å². The summed E-state index contributed by atoms with van der Waals surface area (Å²) >= 11 is 0. The van der Waals surface area contributed by atoms with Crippen molar-refractivity contribution in [1.29, 1.82) is 0 Å². The first-order chi connectivity index (χ1) is 8.28. The Kier molecular flexibility index (Phi) is 13.4. The average Bonchev–Trinajstić information content (AvgIpc) is 2.27. The Morgan fingerprint density at radius 2 is 1.61 bits per heavy atom. The quantitative estimate of drug-likeness (QED) is 0.739. The molecule has 2 atom stereocenters. The zero-order valence-electron chi connectivity index (χ0n) is 13.5. The lowest BCUT2D eigenvalue weighted by molar-refractivity contribution is -0.0285. The fraction of sp³-hybridized carbons (Fsp3) is 1.00. The minimum atomic E-state index is -0.320. The Hall–Kier alpha value is -0.120. The minimum Gasteiger partial charge on any atom is -0.390 e. The van der Waals surface area contributed by atoms with E-state index in [1.54, 1.807) is 0 Å². The van der Waals surface area contributed by atoms with Crippen LogP contribution in [0.5, 0.6) is 0 Å². The van der Waals surface area contributed by atoms with Crippen LogP contribution in [0.4, 0.5) is 0 Å². The fourth-order valence-electron chi connectivity index (χ4n) is 1.44. The standard InChI is InChI=1S/C11H24O2.C4H11N/c1-6-13-9(2)10(12)7-8-11(3,4)5;1-3-5-4-2/h9-10,12H,6-8H2,1-5H3;5H,3-4H2,1-2H3. The molecule has 0 rings (SSSR count). The van der Waals surface area contributed by atoms with Crippen LogP contribution in [-0.2, 0) is 4.74 Å². The summed E-state index contributed by atoms with van der Waals surface area (Å²) in [5.41, 5.74) is 0.299. The number of hydrogen-bond acceptors (Lipinski definition) is 3. The van der Waals surface area contributed by atoms with Gasteiger partial charge in [0.15, 0.2) is 0 Å². The number of aliphatic hydroxyl groups excluding tert-OH is 1. The summed E-state index contributed by atoms with van der Waals surface area (Å²) in [6.07, 6.45) is 1.50. The fourth-order valence-corrected chi connectivity index (χ4v) is 1.44. The molecule has 112 valence electrons. The van der Waals surface area contributed by atoms with Crippen molar-refractivity contribution in [3.05, 3.63) is 0 Å². The molecule has 3 nitrogen and oxygen atoms in total. The minimum absolute atomic E-state index is 0.0349. The molecule has 2 N–H and O–H groups in total. The van der Waals surface area contributed by atoms with E-state index in [1.807, 2.05) is 13.8 Å². The molecule has 0 aromatic heterocycles. The van der Waals surface area contributed by atoms with E-state index in [1.165, 1.54) is 0 Å². The molecule has 0 saturated carbocycles. The van der Waals surface area contributed by atoms with Gasteiger partial charge in [0.2, 0.25) is 0 Å². The smallest absolute Gasteiger partial charge is 0.0805 e. The van der Waals surface area contributed by atoms with Crippen molar-refractivity contribution in [2.75, 3.05) is 19.7 Å². The number of rotatable bonds is 7. The molecule has 0 radical (unpaired) electrons. The van der Waals surface area contributed by atoms with E-state index in [-0.39, 0.29) is 12.2 Å². The summed E-state index contributed by atoms with van der Waals surface area (Å²) in [5, 5.41) is 12.8. The van der Waals surface area contributed by atoms with E-state index >= 15 is 0 Å². The van der Waals surface area contributed by atoms with Crippen molar-refractivity contribution >= 4 is 0 Å². The third-order valence-electron chi connectivity index (χ3n) is 2.66. The van der Waals surface area contributed by atoms with Crippen molar-refractivity contribution in [3.63, 3.8) is 0 Å². The average molecular weight is 261 g/mol. The molecule has 0 aliphatic rings. The van der Waals surface area contributed by atoms with Crippen molar-refractivity contribution in [2.45, 2.75) is 73.5 Å². The molecular weight excluding hydrogens is 226 g/mol. The summed E-state index contributed by atoms with van der Waals surface area (Å²) in [4.78, 5) is 0. The highest BCUT2D eigenvalue weighted by molar-refractivity contribution is 4.69. The Morgan fingerprint density at radius 3 is 1.89 bits per heavy atom. The highest BCUT2D eigenvalue weighted by atomic mass is 16.5. The highest BCUT2D eigenvalue weighted by Gasteiger charge is 2.18. The summed E-state index contributed by atoms with van der Waals surface area (Å²) in [7, 11) is 0. The molecule has 0 saturated heterocycles. The molecule has 0 aliphatic carbocycles. The van der Waals surface area contributed by atoms with E-state index in [2.05, 4.69) is 39.9 Å². The van der Waals surface area contributed by atoms with Gasteiger partial charge in [-0.1, -0.05) is 34.6 Å². The number of aliphatic hydroxyl groups is 1. The topological polar surface area (TPSA) is 41.5 Å². The van der Waals surface area contributed by atoms with Crippen LogP contribution in [0.2, 0.25) is 0 Å². The Balaban J connectivity index is 0. The molecule has 0 aliphatic heterocycles. The number of hydrogen-bond donors (Lipinski definition) is 2. The summed E-state index contributed by atoms with van der Waals surface area (Å²) in [5.74, 6) is 0. The first-order valence-electron chi connectivity index (χ1n) is 7.28. The first kappa shape index (κ1) is 20.2. The predicted molar refractivity (Wildman–Crippen MR) is 80.0 cm³/mol. The zero-order chi connectivity index (χ0) is 14.6. The third-order valence-corrected chi connectivity index (χ3v) is 2.66. The highest BCUT2D eigenvalue weighted by Crippen LogP contribution is 2.22. The second-order valence-corrected chi connectivity index (χ2v) is 5.78. The molecule has 18 heavy (non-hydrogen) atoms. The van der Waals surface area contributed by atoms with Gasteiger partial charge in [-0.25, -0.2) is 0 Å². The SMILES string of the molecule is CCNCC.CCOC(C)C(O)CCC(C)(C)C. The van der Waals surface area contributed by atoms with Gasteiger partial charge in [-0.3, -0.25) is 0 Å². The zero-order valence-corrected chi connectivity index (χ0v) is 13.5. The predicted octanol–water partition coefficient (Wildman–Crippen LogP) is 3.21. The molecular formula is C15H35NO2. The largest absolute Gasteiger partial charge is 0.390 e. The molecule has 0 aromatic carbocycles. The van der Waals surface area contributed by atoms with Gasteiger partial charge in [0.1, 0.15) is 0 Å². The monoisotopic (exact) mass is 261 g/mol. The van der Waals surface area contributed by atoms with Gasteiger partial charge in [0.05, 0.1) is 12.2 Å². The molecule has 3 heteroatoms. The van der Waals surface area contributed by atoms with E-state index in [4.69, 9.17) is 4.74 Å². The van der Waals surface area contributed by atoms with Crippen molar-refractivity contribution in [1.82, 2.24) is 5.32 Å². The maximum absolute atomic E-state index is 9.69. The first-order valence-corrected chi connectivity index (χ1v) is 7.28. The van der Waals surface area contributed by atoms with Gasteiger partial charge in [0, 0.05) is 6.61 Å². The maximum Gasteiger partial charge on any atom is 0.0805 e. The normalized spacial score (nSPS) is 14.7. The molecule has 0 bridgehead atoms. The van der Waals surface area contributed by atoms with E-state index in [9.17, 15) is 5.11 Å². The summed E-state index contributed by atoms with van der Waals surface area (Å²) < 4.78 is 5.32. The lowest BCUT2D eigenvalue weighted by Crippen LogP contribution is -2.27. The van der Waals surface area contributed by atoms with Gasteiger partial charge >= 0.3 is 0 Å². The molecule has 0 heterocycles. The Labute approximate surface area is 114 Å². The van der Waals surface area contributed by atoms with Crippen molar-refractivity contribution in [3.8, 4) is 0 Å². The van der Waals surface area contributed by atoms with E-state index < -0.39 is 0 Å². The molecule has 2 unspecified atom stereocenters. The number of nitrogens with one attached hydrogen (secondary N) is 1. The van der Waals surface area contributed by atoms with Crippen LogP contribution < -0.4 is 5.32 Å². The van der Waals surface area contributed by atoms with Crippen molar-refractivity contribution in [2.24, 2.45) is 5.41 Å². The molecule has 0 aromatic rings. The van der Waals surface area contributed by atoms with Crippen LogP contribution >= 0.6 is 0 Å². The van der Waals surface area contributed by atoms with Gasteiger partial charge < -0.3 is 15.2 Å². The summed E-state index contributed by atoms with van der Waals surface area (Å²) in [6.45, 7) is 17.5. The second-order valence-electron chi connectivity index (χ2n) is 5.78. The van der Waals surface area contributed by atoms with Crippen LogP contribution in [-0.4, -0.2) is 37.0 Å². The molecule has 0 spiro atoms. The van der Waals surface area contributed by atoms with Gasteiger partial charge in [-0.2, -0.15) is 0 Å². The summed E-state index contributed by atoms with van der Waals surface area (Å²) in [6, 6.07) is 0. The lowest BCUT2D eigenvalue weighted by Gasteiger charge is -2.23. The van der Waals surface area contributed by atoms with Gasteiger partial charge in [-0.15, -0.1) is 0 Å². The number of ether oxygens (including phenoxy) is 1. The van der Waals surface area contributed by atoms with Gasteiger partial charge in [-0.05, 0) is 45.2 Å². The lowest BCUT2D eigenvalue weighted by atomic mass is 9.88. The van der Waals surface area contributed by atoms with Crippen LogP contribution in [0.1, 0.15) is 61.3 Å². The van der Waals surface area contributed by atoms with Crippen LogP contribution in [0, 0.1) is 5.41 Å². The Morgan fingerprint density at radius 1 is 1.11 bits per heavy atom. The van der Waals surface area contributed by atoms with Crippen LogP contribution in [0.25, 0.3) is 0 Å². The van der Waals surface area contributed by atoms with Crippen LogP contribution in [0.3, 0.4) is 0 Å². The van der Waals surface area contributed by atoms with Gasteiger partial charge in [0.25, 0.3) is 0 Å². The third kappa shape index (κ3) is 15.9. The molecule has 0 fully saturated rings. The maximum atomic E-state index is 9.69. The molecule has 0 amide bonds. The van der Waals surface area contributed by atoms with Crippen molar-refractivity contribution < 1.29 is 9.84 Å². The van der Waals surface area contributed by atoms with Crippen LogP contribution in [0.15, 0.2) is 0 Å². The van der Waals surface area contributed by atoms with E-state index in [0.29, 0.717) is 12.0 Å². The Bertz CT molecular complexity index is 164. The second kappa shape index (κ2) is 11.9.